The smallest absolute Gasteiger partial charge is 0.329 e. The molecule has 20 heavy (non-hydrogen) atoms. The Labute approximate surface area is 115 Å². The number of piperidine rings is 1. The van der Waals surface area contributed by atoms with Crippen LogP contribution < -0.4 is 4.90 Å². The van der Waals surface area contributed by atoms with E-state index < -0.39 is 22.2 Å². The predicted octanol–water partition coefficient (Wildman–Crippen LogP) is 2.57. The summed E-state index contributed by atoms with van der Waals surface area (Å²) in [5, 5.41) is 20.5. The molecule has 0 radical (unpaired) electrons. The van der Waals surface area contributed by atoms with E-state index in [0.717, 1.165) is 31.0 Å². The van der Waals surface area contributed by atoms with Gasteiger partial charge >= 0.3 is 5.97 Å². The average molecular weight is 282 g/mol. The third-order valence-electron chi connectivity index (χ3n) is 3.78. The Morgan fingerprint density at radius 2 is 2.20 bits per heavy atom. The highest BCUT2D eigenvalue weighted by molar-refractivity contribution is 5.85. The lowest BCUT2D eigenvalue weighted by molar-refractivity contribution is -0.384. The van der Waals surface area contributed by atoms with Gasteiger partial charge in [0.05, 0.1) is 4.92 Å². The van der Waals surface area contributed by atoms with Crippen molar-refractivity contribution in [1.29, 1.82) is 0 Å². The predicted molar refractivity (Wildman–Crippen MR) is 70.3 cm³/mol. The number of hydrogen-bond acceptors (Lipinski definition) is 4. The van der Waals surface area contributed by atoms with E-state index in [9.17, 15) is 24.4 Å². The summed E-state index contributed by atoms with van der Waals surface area (Å²) in [7, 11) is 0. The summed E-state index contributed by atoms with van der Waals surface area (Å²) in [6.07, 6.45) is 1.81. The van der Waals surface area contributed by atoms with Gasteiger partial charge in [-0.15, -0.1) is 0 Å². The largest absolute Gasteiger partial charge is 0.480 e. The molecule has 0 bridgehead atoms. The van der Waals surface area contributed by atoms with Gasteiger partial charge in [-0.1, -0.05) is 0 Å². The summed E-state index contributed by atoms with van der Waals surface area (Å²) >= 11 is 0. The second-order valence-electron chi connectivity index (χ2n) is 5.08. The molecule has 1 fully saturated rings. The van der Waals surface area contributed by atoms with Crippen molar-refractivity contribution in [3.63, 3.8) is 0 Å². The SMILES string of the molecule is CC1(C(=O)O)CCCCN1c1cc(F)ccc1[N+](=O)[O-]. The lowest BCUT2D eigenvalue weighted by Crippen LogP contribution is -2.55. The third-order valence-corrected chi connectivity index (χ3v) is 3.78. The molecule has 0 spiro atoms. The second kappa shape index (κ2) is 5.07. The van der Waals surface area contributed by atoms with E-state index in [0.29, 0.717) is 13.0 Å². The molecule has 1 heterocycles. The number of halogens is 1. The van der Waals surface area contributed by atoms with Crippen LogP contribution in [0.4, 0.5) is 15.8 Å². The lowest BCUT2D eigenvalue weighted by Gasteiger charge is -2.42. The fourth-order valence-electron chi connectivity index (χ4n) is 2.60. The van der Waals surface area contributed by atoms with Gasteiger partial charge in [0.2, 0.25) is 0 Å². The highest BCUT2D eigenvalue weighted by Gasteiger charge is 2.43. The lowest BCUT2D eigenvalue weighted by atomic mass is 9.87. The maximum Gasteiger partial charge on any atom is 0.329 e. The molecule has 1 atom stereocenters. The molecule has 1 aliphatic rings. The number of carboxylic acid groups (broad SMARTS) is 1. The Kier molecular flexibility index (Phi) is 3.61. The molecular weight excluding hydrogens is 267 g/mol. The molecule has 7 heteroatoms. The standard InChI is InChI=1S/C13H15FN2O4/c1-13(12(17)18)6-2-3-7-15(13)11-8-9(14)4-5-10(11)16(19)20/h4-5,8H,2-3,6-7H2,1H3,(H,17,18). The van der Waals surface area contributed by atoms with Gasteiger partial charge in [-0.3, -0.25) is 10.1 Å². The number of carbonyl (C=O) groups is 1. The van der Waals surface area contributed by atoms with Crippen LogP contribution in [0, 0.1) is 15.9 Å². The first-order chi connectivity index (χ1) is 9.36. The fraction of sp³-hybridized carbons (Fsp3) is 0.462. The Hall–Kier alpha value is -2.18. The van der Waals surface area contributed by atoms with Crippen molar-refractivity contribution in [2.24, 2.45) is 0 Å². The molecule has 1 unspecified atom stereocenters. The van der Waals surface area contributed by atoms with Crippen LogP contribution in [0.1, 0.15) is 26.2 Å². The van der Waals surface area contributed by atoms with E-state index in [1.54, 1.807) is 0 Å². The molecule has 1 N–H and O–H groups in total. The number of nitro groups is 1. The van der Waals surface area contributed by atoms with E-state index in [1.807, 2.05) is 0 Å². The average Bonchev–Trinajstić information content (AvgIpc) is 2.38. The van der Waals surface area contributed by atoms with Crippen LogP contribution in [0.25, 0.3) is 0 Å². The number of nitrogens with zero attached hydrogens (tertiary/aromatic N) is 2. The van der Waals surface area contributed by atoms with Crippen LogP contribution >= 0.6 is 0 Å². The first-order valence-electron chi connectivity index (χ1n) is 6.31. The van der Waals surface area contributed by atoms with Crippen LogP contribution in [-0.4, -0.2) is 28.1 Å². The monoisotopic (exact) mass is 282 g/mol. The van der Waals surface area contributed by atoms with Gasteiger partial charge in [0.25, 0.3) is 5.69 Å². The Morgan fingerprint density at radius 3 is 2.80 bits per heavy atom. The van der Waals surface area contributed by atoms with Crippen molar-refractivity contribution in [2.45, 2.75) is 31.7 Å². The van der Waals surface area contributed by atoms with Crippen molar-refractivity contribution >= 4 is 17.3 Å². The molecule has 0 amide bonds. The second-order valence-corrected chi connectivity index (χ2v) is 5.08. The molecular formula is C13H15FN2O4. The van der Waals surface area contributed by atoms with Crippen molar-refractivity contribution in [3.05, 3.63) is 34.1 Å². The normalized spacial score (nSPS) is 22.6. The number of hydrogen-bond donors (Lipinski definition) is 1. The van der Waals surface area contributed by atoms with E-state index in [1.165, 1.54) is 11.8 Å². The van der Waals surface area contributed by atoms with E-state index in [-0.39, 0.29) is 11.4 Å². The molecule has 2 rings (SSSR count). The molecule has 0 aliphatic carbocycles. The van der Waals surface area contributed by atoms with Crippen LogP contribution in [0.2, 0.25) is 0 Å². The van der Waals surface area contributed by atoms with Gasteiger partial charge in [0.1, 0.15) is 17.0 Å². The van der Waals surface area contributed by atoms with E-state index >= 15 is 0 Å². The number of carboxylic acids is 1. The van der Waals surface area contributed by atoms with Gasteiger partial charge < -0.3 is 10.0 Å². The number of benzene rings is 1. The first-order valence-corrected chi connectivity index (χ1v) is 6.31. The van der Waals surface area contributed by atoms with Crippen molar-refractivity contribution in [2.75, 3.05) is 11.4 Å². The topological polar surface area (TPSA) is 83.7 Å². The van der Waals surface area contributed by atoms with Crippen LogP contribution in [-0.2, 0) is 4.79 Å². The van der Waals surface area contributed by atoms with Gasteiger partial charge in [-0.05, 0) is 32.3 Å². The quantitative estimate of drug-likeness (QED) is 0.680. The maximum absolute atomic E-state index is 13.4. The van der Waals surface area contributed by atoms with Crippen molar-refractivity contribution in [1.82, 2.24) is 0 Å². The minimum atomic E-state index is -1.25. The Bertz CT molecular complexity index is 563. The zero-order valence-electron chi connectivity index (χ0n) is 11.0. The minimum absolute atomic E-state index is 0.0274. The van der Waals surface area contributed by atoms with Crippen LogP contribution in [0.15, 0.2) is 18.2 Å². The minimum Gasteiger partial charge on any atom is -0.480 e. The van der Waals surface area contributed by atoms with E-state index in [2.05, 4.69) is 0 Å². The highest BCUT2D eigenvalue weighted by Crippen LogP contribution is 2.38. The third kappa shape index (κ3) is 2.31. The molecule has 1 aromatic carbocycles. The highest BCUT2D eigenvalue weighted by atomic mass is 19.1. The van der Waals surface area contributed by atoms with Crippen molar-refractivity contribution in [3.8, 4) is 0 Å². The van der Waals surface area contributed by atoms with Gasteiger partial charge in [0, 0.05) is 18.7 Å². The number of rotatable bonds is 3. The number of aliphatic carboxylic acids is 1. The molecule has 108 valence electrons. The molecule has 1 aliphatic heterocycles. The van der Waals surface area contributed by atoms with Crippen molar-refractivity contribution < 1.29 is 19.2 Å². The molecule has 1 saturated heterocycles. The number of nitro benzene ring substituents is 1. The Balaban J connectivity index is 2.55. The molecule has 1 aromatic rings. The van der Waals surface area contributed by atoms with Gasteiger partial charge in [0.15, 0.2) is 0 Å². The first kappa shape index (κ1) is 14.2. The summed E-state index contributed by atoms with van der Waals surface area (Å²) in [5.41, 5.74) is -1.50. The zero-order chi connectivity index (χ0) is 14.9. The van der Waals surface area contributed by atoms with E-state index in [4.69, 9.17) is 0 Å². The molecule has 0 aromatic heterocycles. The summed E-state index contributed by atoms with van der Waals surface area (Å²) < 4.78 is 13.4. The number of anilines is 1. The van der Waals surface area contributed by atoms with Gasteiger partial charge in [-0.25, -0.2) is 9.18 Å². The van der Waals surface area contributed by atoms with Gasteiger partial charge in [-0.2, -0.15) is 0 Å². The molecule has 6 nitrogen and oxygen atoms in total. The molecule has 0 saturated carbocycles. The van der Waals surface area contributed by atoms with Crippen LogP contribution in [0.3, 0.4) is 0 Å². The Morgan fingerprint density at radius 1 is 1.50 bits per heavy atom. The summed E-state index contributed by atoms with van der Waals surface area (Å²) in [4.78, 5) is 23.4. The summed E-state index contributed by atoms with van der Waals surface area (Å²) in [6, 6.07) is 3.11. The van der Waals surface area contributed by atoms with Crippen LogP contribution in [0.5, 0.6) is 0 Å². The fourth-order valence-corrected chi connectivity index (χ4v) is 2.60. The zero-order valence-corrected chi connectivity index (χ0v) is 11.0. The summed E-state index contributed by atoms with van der Waals surface area (Å²) in [6.45, 7) is 1.87. The summed E-state index contributed by atoms with van der Waals surface area (Å²) in [5.74, 6) is -1.68. The maximum atomic E-state index is 13.4.